The molecule has 1 aliphatic carbocycles. The van der Waals surface area contributed by atoms with Gasteiger partial charge >= 0.3 is 0 Å². The maximum atomic E-state index is 2.43. The van der Waals surface area contributed by atoms with E-state index in [1.54, 1.807) is 0 Å². The molecule has 0 aromatic heterocycles. The highest BCUT2D eigenvalue weighted by atomic mass is 14.3. The molecule has 1 rings (SSSR count). The molecule has 1 aliphatic rings. The van der Waals surface area contributed by atoms with Crippen molar-refractivity contribution in [3.63, 3.8) is 0 Å². The van der Waals surface area contributed by atoms with Crippen molar-refractivity contribution < 1.29 is 0 Å². The van der Waals surface area contributed by atoms with Crippen molar-refractivity contribution in [1.29, 1.82) is 0 Å². The molecule has 0 bridgehead atoms. The van der Waals surface area contributed by atoms with Crippen LogP contribution in [0.3, 0.4) is 0 Å². The van der Waals surface area contributed by atoms with Crippen molar-refractivity contribution in [1.82, 2.24) is 0 Å². The average molecular weight is 125 g/mol. The van der Waals surface area contributed by atoms with E-state index in [2.05, 4.69) is 27.2 Å². The van der Waals surface area contributed by atoms with Gasteiger partial charge in [0.15, 0.2) is 0 Å². The van der Waals surface area contributed by atoms with Crippen LogP contribution in [0, 0.1) is 17.8 Å². The summed E-state index contributed by atoms with van der Waals surface area (Å²) in [5.74, 6) is 0.919. The van der Waals surface area contributed by atoms with Gasteiger partial charge in [0.25, 0.3) is 0 Å². The monoisotopic (exact) mass is 125 g/mol. The molecule has 53 valence electrons. The minimum Gasteiger partial charge on any atom is -0.0620 e. The highest BCUT2D eigenvalue weighted by Crippen LogP contribution is 2.39. The Hall–Kier alpha value is 0. The second-order valence-electron chi connectivity index (χ2n) is 3.96. The first-order valence-electron chi connectivity index (χ1n) is 3.94. The molecule has 0 saturated heterocycles. The summed E-state index contributed by atoms with van der Waals surface area (Å²) in [4.78, 5) is 0. The van der Waals surface area contributed by atoms with Gasteiger partial charge in [0, 0.05) is 0 Å². The second kappa shape index (κ2) is 2.32. The van der Waals surface area contributed by atoms with E-state index in [1.807, 2.05) is 0 Å². The Morgan fingerprint density at radius 3 is 2.44 bits per heavy atom. The summed E-state index contributed by atoms with van der Waals surface area (Å²) < 4.78 is 0. The van der Waals surface area contributed by atoms with Gasteiger partial charge in [0.05, 0.1) is 0 Å². The average Bonchev–Trinajstić information content (AvgIpc) is 1.77. The van der Waals surface area contributed by atoms with Gasteiger partial charge in [-0.1, -0.05) is 20.8 Å². The molecular weight excluding hydrogens is 108 g/mol. The lowest BCUT2D eigenvalue weighted by Crippen LogP contribution is -2.25. The van der Waals surface area contributed by atoms with Gasteiger partial charge in [-0.3, -0.25) is 0 Å². The number of rotatable bonds is 0. The molecule has 0 amide bonds. The first-order chi connectivity index (χ1) is 4.13. The molecule has 0 aromatic carbocycles. The third kappa shape index (κ3) is 1.47. The first-order valence-corrected chi connectivity index (χ1v) is 3.94. The Morgan fingerprint density at radius 2 is 2.11 bits per heavy atom. The molecule has 1 fully saturated rings. The van der Waals surface area contributed by atoms with Crippen LogP contribution in [0.25, 0.3) is 0 Å². The summed E-state index contributed by atoms with van der Waals surface area (Å²) in [6, 6.07) is 0. The van der Waals surface area contributed by atoms with Crippen LogP contribution in [0.2, 0.25) is 0 Å². The second-order valence-corrected chi connectivity index (χ2v) is 3.96. The summed E-state index contributed by atoms with van der Waals surface area (Å²) in [6.45, 7) is 7.10. The summed E-state index contributed by atoms with van der Waals surface area (Å²) >= 11 is 0. The predicted octanol–water partition coefficient (Wildman–Crippen LogP) is 3.04. The van der Waals surface area contributed by atoms with E-state index in [0.717, 1.165) is 5.92 Å². The molecule has 1 atom stereocenters. The van der Waals surface area contributed by atoms with Gasteiger partial charge in [-0.05, 0) is 37.0 Å². The van der Waals surface area contributed by atoms with Crippen molar-refractivity contribution in [3.8, 4) is 0 Å². The fourth-order valence-corrected chi connectivity index (χ4v) is 1.43. The van der Waals surface area contributed by atoms with E-state index in [-0.39, 0.29) is 0 Å². The Bertz CT molecular complexity index is 92.2. The fourth-order valence-electron chi connectivity index (χ4n) is 1.43. The molecule has 0 aliphatic heterocycles. The normalized spacial score (nSPS) is 34.3. The van der Waals surface area contributed by atoms with Crippen molar-refractivity contribution >= 4 is 0 Å². The van der Waals surface area contributed by atoms with Gasteiger partial charge in [0.2, 0.25) is 0 Å². The molecule has 0 heterocycles. The smallest absolute Gasteiger partial charge is 0.0326 e. The summed E-state index contributed by atoms with van der Waals surface area (Å²) in [5, 5.41) is 0. The summed E-state index contributed by atoms with van der Waals surface area (Å²) in [5.41, 5.74) is 0.582. The zero-order chi connectivity index (χ0) is 6.91. The quantitative estimate of drug-likeness (QED) is 0.467. The van der Waals surface area contributed by atoms with Gasteiger partial charge in [-0.15, -0.1) is 0 Å². The van der Waals surface area contributed by atoms with Crippen molar-refractivity contribution in [2.45, 2.75) is 40.0 Å². The zero-order valence-corrected chi connectivity index (χ0v) is 6.78. The van der Waals surface area contributed by atoms with Gasteiger partial charge in [-0.25, -0.2) is 0 Å². The molecule has 9 heavy (non-hydrogen) atoms. The number of hydrogen-bond acceptors (Lipinski definition) is 0. The summed E-state index contributed by atoms with van der Waals surface area (Å²) in [6.07, 6.45) is 6.48. The van der Waals surface area contributed by atoms with Crippen LogP contribution in [-0.2, 0) is 0 Å². The van der Waals surface area contributed by atoms with E-state index in [1.165, 1.54) is 19.3 Å². The minimum absolute atomic E-state index is 0.582. The van der Waals surface area contributed by atoms with E-state index >= 15 is 0 Å². The lowest BCUT2D eigenvalue weighted by Gasteiger charge is -2.36. The molecule has 0 spiro atoms. The SMILES string of the molecule is CC1CC[CH]CC1(C)C. The van der Waals surface area contributed by atoms with Crippen LogP contribution >= 0.6 is 0 Å². The number of hydrogen-bond donors (Lipinski definition) is 0. The Labute approximate surface area is 58.7 Å². The van der Waals surface area contributed by atoms with Gasteiger partial charge < -0.3 is 0 Å². The van der Waals surface area contributed by atoms with Crippen LogP contribution in [0.5, 0.6) is 0 Å². The Balaban J connectivity index is 2.49. The predicted molar refractivity (Wildman–Crippen MR) is 41.1 cm³/mol. The van der Waals surface area contributed by atoms with Crippen molar-refractivity contribution in [2.75, 3.05) is 0 Å². The molecule has 0 aromatic rings. The van der Waals surface area contributed by atoms with Crippen LogP contribution in [0.4, 0.5) is 0 Å². The van der Waals surface area contributed by atoms with Crippen LogP contribution < -0.4 is 0 Å². The Kier molecular flexibility index (Phi) is 1.83. The van der Waals surface area contributed by atoms with Crippen LogP contribution in [-0.4, -0.2) is 0 Å². The molecule has 0 N–H and O–H groups in total. The molecule has 1 saturated carbocycles. The Morgan fingerprint density at radius 1 is 1.44 bits per heavy atom. The van der Waals surface area contributed by atoms with E-state index in [0.29, 0.717) is 5.41 Å². The van der Waals surface area contributed by atoms with Crippen LogP contribution in [0.1, 0.15) is 40.0 Å². The largest absolute Gasteiger partial charge is 0.0620 e. The van der Waals surface area contributed by atoms with Gasteiger partial charge in [-0.2, -0.15) is 0 Å². The molecule has 1 radical (unpaired) electrons. The lowest BCUT2D eigenvalue weighted by molar-refractivity contribution is 0.185. The van der Waals surface area contributed by atoms with Crippen molar-refractivity contribution in [2.24, 2.45) is 11.3 Å². The maximum Gasteiger partial charge on any atom is -0.0326 e. The maximum absolute atomic E-state index is 2.43. The highest BCUT2D eigenvalue weighted by Gasteiger charge is 2.28. The molecule has 0 nitrogen and oxygen atoms in total. The summed E-state index contributed by atoms with van der Waals surface area (Å²) in [7, 11) is 0. The van der Waals surface area contributed by atoms with E-state index in [4.69, 9.17) is 0 Å². The van der Waals surface area contributed by atoms with Crippen molar-refractivity contribution in [3.05, 3.63) is 6.42 Å². The third-order valence-corrected chi connectivity index (χ3v) is 2.81. The van der Waals surface area contributed by atoms with E-state index < -0.39 is 0 Å². The minimum atomic E-state index is 0.582. The standard InChI is InChI=1S/C9H17/c1-8-6-4-5-7-9(8,2)3/h5,8H,4,6-7H2,1-3H3. The third-order valence-electron chi connectivity index (χ3n) is 2.81. The van der Waals surface area contributed by atoms with Crippen LogP contribution in [0.15, 0.2) is 0 Å². The molecule has 1 unspecified atom stereocenters. The fraction of sp³-hybridized carbons (Fsp3) is 0.889. The first kappa shape index (κ1) is 7.11. The lowest BCUT2D eigenvalue weighted by atomic mass is 9.70. The zero-order valence-electron chi connectivity index (χ0n) is 6.78. The molecule has 0 heteroatoms. The topological polar surface area (TPSA) is 0 Å². The highest BCUT2D eigenvalue weighted by molar-refractivity contribution is 4.87. The molecular formula is C9H17. The van der Waals surface area contributed by atoms with E-state index in [9.17, 15) is 0 Å². The van der Waals surface area contributed by atoms with Gasteiger partial charge in [0.1, 0.15) is 0 Å².